The molecule has 5 heteroatoms. The summed E-state index contributed by atoms with van der Waals surface area (Å²) in [5.74, 6) is -0.879. The van der Waals surface area contributed by atoms with Crippen molar-refractivity contribution in [3.63, 3.8) is 0 Å². The summed E-state index contributed by atoms with van der Waals surface area (Å²) >= 11 is 0. The van der Waals surface area contributed by atoms with E-state index >= 15 is 0 Å². The molecule has 1 aliphatic rings. The second-order valence-electron chi connectivity index (χ2n) is 5.51. The molecule has 0 amide bonds. The first-order valence-corrected chi connectivity index (χ1v) is 6.85. The van der Waals surface area contributed by atoms with Gasteiger partial charge in [-0.05, 0) is 35.6 Å². The maximum Gasteiger partial charge on any atom is 0.417 e. The first-order valence-electron chi connectivity index (χ1n) is 6.85. The largest absolute Gasteiger partial charge is 0.481 e. The Labute approximate surface area is 125 Å². The van der Waals surface area contributed by atoms with Crippen molar-refractivity contribution in [2.45, 2.75) is 24.4 Å². The summed E-state index contributed by atoms with van der Waals surface area (Å²) < 4.78 is 39.1. The molecule has 114 valence electrons. The summed E-state index contributed by atoms with van der Waals surface area (Å²) in [6.45, 7) is 0. The van der Waals surface area contributed by atoms with Gasteiger partial charge in [0, 0.05) is 0 Å². The van der Waals surface area contributed by atoms with Gasteiger partial charge >= 0.3 is 12.1 Å². The third-order valence-corrected chi connectivity index (χ3v) is 4.14. The number of halogens is 3. The van der Waals surface area contributed by atoms with E-state index in [0.29, 0.717) is 24.0 Å². The van der Waals surface area contributed by atoms with Crippen LogP contribution in [-0.2, 0) is 16.4 Å². The van der Waals surface area contributed by atoms with Gasteiger partial charge < -0.3 is 5.11 Å². The molecule has 0 radical (unpaired) electrons. The zero-order valence-corrected chi connectivity index (χ0v) is 11.5. The van der Waals surface area contributed by atoms with Crippen molar-refractivity contribution in [2.24, 2.45) is 0 Å². The van der Waals surface area contributed by atoms with Crippen molar-refractivity contribution in [1.29, 1.82) is 0 Å². The van der Waals surface area contributed by atoms with E-state index in [4.69, 9.17) is 0 Å². The van der Waals surface area contributed by atoms with E-state index in [1.54, 1.807) is 30.3 Å². The van der Waals surface area contributed by atoms with Crippen LogP contribution in [0.1, 0.15) is 24.0 Å². The summed E-state index contributed by atoms with van der Waals surface area (Å²) in [7, 11) is 0. The Morgan fingerprint density at radius 1 is 1.00 bits per heavy atom. The predicted molar refractivity (Wildman–Crippen MR) is 75.4 cm³/mol. The SMILES string of the molecule is O=C(O)C1(c2ccc(-c3ccccc3C(F)(F)F)cc2)CC1. The zero-order chi connectivity index (χ0) is 16.0. The van der Waals surface area contributed by atoms with E-state index in [-0.39, 0.29) is 5.56 Å². The van der Waals surface area contributed by atoms with Crippen LogP contribution in [0, 0.1) is 0 Å². The molecule has 0 aliphatic heterocycles. The van der Waals surface area contributed by atoms with Crippen molar-refractivity contribution in [3.05, 3.63) is 59.7 Å². The number of aliphatic carboxylic acids is 1. The molecule has 0 aromatic heterocycles. The number of benzene rings is 2. The van der Waals surface area contributed by atoms with E-state index in [1.807, 2.05) is 0 Å². The molecule has 0 saturated heterocycles. The minimum atomic E-state index is -4.42. The third kappa shape index (κ3) is 2.36. The quantitative estimate of drug-likeness (QED) is 0.907. The molecule has 3 rings (SSSR count). The monoisotopic (exact) mass is 306 g/mol. The van der Waals surface area contributed by atoms with Crippen molar-refractivity contribution < 1.29 is 23.1 Å². The number of rotatable bonds is 3. The number of carboxylic acid groups (broad SMARTS) is 1. The Morgan fingerprint density at radius 3 is 2.09 bits per heavy atom. The number of hydrogen-bond acceptors (Lipinski definition) is 1. The molecule has 0 bridgehead atoms. The normalized spacial score (nSPS) is 16.3. The van der Waals surface area contributed by atoms with Gasteiger partial charge in [-0.3, -0.25) is 4.79 Å². The molecule has 1 fully saturated rings. The van der Waals surface area contributed by atoms with Gasteiger partial charge in [0.25, 0.3) is 0 Å². The molecule has 2 aromatic rings. The van der Waals surface area contributed by atoms with Gasteiger partial charge in [-0.2, -0.15) is 13.2 Å². The fraction of sp³-hybridized carbons (Fsp3) is 0.235. The zero-order valence-electron chi connectivity index (χ0n) is 11.5. The van der Waals surface area contributed by atoms with Crippen molar-refractivity contribution in [2.75, 3.05) is 0 Å². The first-order chi connectivity index (χ1) is 10.3. The van der Waals surface area contributed by atoms with Gasteiger partial charge in [-0.25, -0.2) is 0 Å². The van der Waals surface area contributed by atoms with Crippen LogP contribution in [0.25, 0.3) is 11.1 Å². The second-order valence-corrected chi connectivity index (χ2v) is 5.51. The van der Waals surface area contributed by atoms with E-state index in [2.05, 4.69) is 0 Å². The Kier molecular flexibility index (Phi) is 3.24. The summed E-state index contributed by atoms with van der Waals surface area (Å²) in [4.78, 5) is 11.3. The lowest BCUT2D eigenvalue weighted by Crippen LogP contribution is -2.19. The van der Waals surface area contributed by atoms with Crippen molar-refractivity contribution in [1.82, 2.24) is 0 Å². The molecule has 2 nitrogen and oxygen atoms in total. The van der Waals surface area contributed by atoms with Gasteiger partial charge in [0.15, 0.2) is 0 Å². The molecule has 1 aliphatic carbocycles. The van der Waals surface area contributed by atoms with Crippen LogP contribution >= 0.6 is 0 Å². The lowest BCUT2D eigenvalue weighted by atomic mass is 9.92. The molecule has 0 atom stereocenters. The smallest absolute Gasteiger partial charge is 0.417 e. The van der Waals surface area contributed by atoms with Crippen LogP contribution in [0.2, 0.25) is 0 Å². The molecular formula is C17H13F3O2. The average molecular weight is 306 g/mol. The molecule has 2 aromatic carbocycles. The highest BCUT2D eigenvalue weighted by Gasteiger charge is 2.51. The van der Waals surface area contributed by atoms with Gasteiger partial charge in [0.1, 0.15) is 0 Å². The van der Waals surface area contributed by atoms with Crippen molar-refractivity contribution in [3.8, 4) is 11.1 Å². The molecule has 0 unspecified atom stereocenters. The summed E-state index contributed by atoms with van der Waals surface area (Å²) in [5.41, 5.74) is -0.364. The topological polar surface area (TPSA) is 37.3 Å². The second kappa shape index (κ2) is 4.87. The summed E-state index contributed by atoms with van der Waals surface area (Å²) in [5, 5.41) is 9.25. The highest BCUT2D eigenvalue weighted by Crippen LogP contribution is 2.48. The standard InChI is InChI=1S/C17H13F3O2/c18-17(19,20)14-4-2-1-3-13(14)11-5-7-12(8-6-11)16(9-10-16)15(21)22/h1-8H,9-10H2,(H,21,22). The van der Waals surface area contributed by atoms with Crippen LogP contribution in [-0.4, -0.2) is 11.1 Å². The minimum Gasteiger partial charge on any atom is -0.481 e. The van der Waals surface area contributed by atoms with Gasteiger partial charge in [-0.1, -0.05) is 42.5 Å². The van der Waals surface area contributed by atoms with Gasteiger partial charge in [0.05, 0.1) is 11.0 Å². The lowest BCUT2D eigenvalue weighted by molar-refractivity contribution is -0.140. The molecule has 0 heterocycles. The highest BCUT2D eigenvalue weighted by molar-refractivity contribution is 5.85. The Balaban J connectivity index is 2.00. The van der Waals surface area contributed by atoms with Crippen LogP contribution in [0.5, 0.6) is 0 Å². The molecule has 1 N–H and O–H groups in total. The summed E-state index contributed by atoms with van der Waals surface area (Å²) in [6, 6.07) is 11.7. The fourth-order valence-electron chi connectivity index (χ4n) is 2.70. The average Bonchev–Trinajstić information content (AvgIpc) is 3.28. The minimum absolute atomic E-state index is 0.0988. The number of hydrogen-bond donors (Lipinski definition) is 1. The molecular weight excluding hydrogens is 293 g/mol. The van der Waals surface area contributed by atoms with Crippen molar-refractivity contribution >= 4 is 5.97 Å². The fourth-order valence-corrected chi connectivity index (χ4v) is 2.70. The van der Waals surface area contributed by atoms with Gasteiger partial charge in [0.2, 0.25) is 0 Å². The third-order valence-electron chi connectivity index (χ3n) is 4.14. The van der Waals surface area contributed by atoms with Gasteiger partial charge in [-0.15, -0.1) is 0 Å². The highest BCUT2D eigenvalue weighted by atomic mass is 19.4. The predicted octanol–water partition coefficient (Wildman–Crippen LogP) is 4.49. The molecule has 0 spiro atoms. The Hall–Kier alpha value is -2.30. The molecule has 22 heavy (non-hydrogen) atoms. The maximum atomic E-state index is 13.0. The Bertz CT molecular complexity index is 713. The maximum absolute atomic E-state index is 13.0. The Morgan fingerprint density at radius 2 is 1.59 bits per heavy atom. The number of carboxylic acids is 1. The van der Waals surface area contributed by atoms with E-state index in [9.17, 15) is 23.1 Å². The van der Waals surface area contributed by atoms with Crippen LogP contribution in [0.15, 0.2) is 48.5 Å². The molecule has 1 saturated carbocycles. The van der Waals surface area contributed by atoms with Crippen LogP contribution in [0.4, 0.5) is 13.2 Å². The van der Waals surface area contributed by atoms with Crippen LogP contribution in [0.3, 0.4) is 0 Å². The number of alkyl halides is 3. The van der Waals surface area contributed by atoms with E-state index < -0.39 is 23.1 Å². The van der Waals surface area contributed by atoms with E-state index in [0.717, 1.165) is 6.07 Å². The number of carbonyl (C=O) groups is 1. The summed E-state index contributed by atoms with van der Waals surface area (Å²) in [6.07, 6.45) is -3.28. The lowest BCUT2D eigenvalue weighted by Gasteiger charge is -2.14. The van der Waals surface area contributed by atoms with E-state index in [1.165, 1.54) is 12.1 Å². The first kappa shape index (κ1) is 14.6. The van der Waals surface area contributed by atoms with Crippen LogP contribution < -0.4 is 0 Å².